The number of carbonyl (C=O) groups excluding carboxylic acids is 1. The van der Waals surface area contributed by atoms with Crippen molar-refractivity contribution in [3.05, 3.63) is 41.1 Å². The van der Waals surface area contributed by atoms with E-state index < -0.39 is 5.97 Å². The number of esters is 1. The average Bonchev–Trinajstić information content (AvgIpc) is 2.40. The second kappa shape index (κ2) is 6.07. The number of nitriles is 2. The molecule has 5 nitrogen and oxygen atoms in total. The van der Waals surface area contributed by atoms with Gasteiger partial charge in [0.1, 0.15) is 17.7 Å². The maximum absolute atomic E-state index is 11.5. The Morgan fingerprint density at radius 3 is 2.61 bits per heavy atom. The summed E-state index contributed by atoms with van der Waals surface area (Å²) in [6, 6.07) is 8.55. The lowest BCUT2D eigenvalue weighted by molar-refractivity contribution is 0.0600. The summed E-state index contributed by atoms with van der Waals surface area (Å²) in [6.45, 7) is 1.75. The fourth-order valence-corrected chi connectivity index (χ4v) is 1.36. The van der Waals surface area contributed by atoms with Gasteiger partial charge in [0, 0.05) is 11.9 Å². The van der Waals surface area contributed by atoms with Gasteiger partial charge in [-0.1, -0.05) is 6.07 Å². The Morgan fingerprint density at radius 2 is 2.06 bits per heavy atom. The molecule has 0 atom stereocenters. The summed E-state index contributed by atoms with van der Waals surface area (Å²) in [7, 11) is 1.31. The molecule has 0 unspecified atom stereocenters. The van der Waals surface area contributed by atoms with Crippen molar-refractivity contribution in [2.45, 2.75) is 6.92 Å². The van der Waals surface area contributed by atoms with Gasteiger partial charge in [-0.15, -0.1) is 0 Å². The maximum atomic E-state index is 11.5. The molecule has 1 aromatic rings. The van der Waals surface area contributed by atoms with Crippen molar-refractivity contribution in [1.82, 2.24) is 0 Å². The number of methoxy groups -OCH3 is 1. The van der Waals surface area contributed by atoms with E-state index in [4.69, 9.17) is 10.5 Å². The van der Waals surface area contributed by atoms with Gasteiger partial charge in [-0.25, -0.2) is 4.79 Å². The minimum Gasteiger partial charge on any atom is -0.465 e. The summed E-state index contributed by atoms with van der Waals surface area (Å²) >= 11 is 0. The van der Waals surface area contributed by atoms with Crippen molar-refractivity contribution in [3.63, 3.8) is 0 Å². The fourth-order valence-electron chi connectivity index (χ4n) is 1.36. The lowest BCUT2D eigenvalue weighted by atomic mass is 10.1. The molecule has 90 valence electrons. The number of hydrogen-bond donors (Lipinski definition) is 1. The Labute approximate surface area is 105 Å². The van der Waals surface area contributed by atoms with Crippen LogP contribution in [0.5, 0.6) is 0 Å². The first-order chi connectivity index (χ1) is 8.63. The van der Waals surface area contributed by atoms with Crippen molar-refractivity contribution in [2.24, 2.45) is 0 Å². The van der Waals surface area contributed by atoms with Gasteiger partial charge < -0.3 is 10.1 Å². The topological polar surface area (TPSA) is 85.9 Å². The zero-order valence-corrected chi connectivity index (χ0v) is 10.0. The second-order valence-electron chi connectivity index (χ2n) is 3.40. The molecule has 0 bridgehead atoms. The summed E-state index contributed by atoms with van der Waals surface area (Å²) in [5, 5.41) is 20.0. The Kier molecular flexibility index (Phi) is 4.48. The van der Waals surface area contributed by atoms with Crippen molar-refractivity contribution >= 4 is 11.7 Å². The molecule has 0 spiro atoms. The molecule has 0 aliphatic carbocycles. The molecule has 18 heavy (non-hydrogen) atoms. The molecule has 1 aromatic carbocycles. The number of rotatable bonds is 3. The highest BCUT2D eigenvalue weighted by Crippen LogP contribution is 2.19. The summed E-state index contributed by atoms with van der Waals surface area (Å²) in [6.07, 6.45) is 1.30. The van der Waals surface area contributed by atoms with Crippen molar-refractivity contribution in [1.29, 1.82) is 10.5 Å². The standard InChI is InChI=1S/C13H11N3O2/c1-9-11(13(17)18-2)4-3-5-12(9)16-8-10(6-14)7-15/h3-5,8,16H,1-2H3. The lowest BCUT2D eigenvalue weighted by Gasteiger charge is -2.09. The van der Waals surface area contributed by atoms with E-state index >= 15 is 0 Å². The number of hydrogen-bond acceptors (Lipinski definition) is 5. The smallest absolute Gasteiger partial charge is 0.338 e. The van der Waals surface area contributed by atoms with Gasteiger partial charge in [0.2, 0.25) is 0 Å². The van der Waals surface area contributed by atoms with Gasteiger partial charge in [0.15, 0.2) is 0 Å². The normalized spacial score (nSPS) is 8.67. The van der Waals surface area contributed by atoms with E-state index in [-0.39, 0.29) is 5.57 Å². The molecule has 0 saturated carbocycles. The van der Waals surface area contributed by atoms with Crippen molar-refractivity contribution in [2.75, 3.05) is 12.4 Å². The Hall–Kier alpha value is -2.79. The highest BCUT2D eigenvalue weighted by molar-refractivity contribution is 5.92. The lowest BCUT2D eigenvalue weighted by Crippen LogP contribution is -2.05. The highest BCUT2D eigenvalue weighted by Gasteiger charge is 2.11. The van der Waals surface area contributed by atoms with E-state index in [9.17, 15) is 4.79 Å². The van der Waals surface area contributed by atoms with Crippen LogP contribution in [0.4, 0.5) is 5.69 Å². The number of ether oxygens (including phenoxy) is 1. The quantitative estimate of drug-likeness (QED) is 0.647. The van der Waals surface area contributed by atoms with Crippen LogP contribution >= 0.6 is 0 Å². The van der Waals surface area contributed by atoms with E-state index in [1.807, 2.05) is 0 Å². The SMILES string of the molecule is COC(=O)c1cccc(NC=C(C#N)C#N)c1C. The number of benzene rings is 1. The zero-order valence-electron chi connectivity index (χ0n) is 10.0. The number of nitrogens with one attached hydrogen (secondary N) is 1. The van der Waals surface area contributed by atoms with Crippen LogP contribution in [0.25, 0.3) is 0 Å². The van der Waals surface area contributed by atoms with Gasteiger partial charge in [-0.3, -0.25) is 0 Å². The monoisotopic (exact) mass is 241 g/mol. The number of carbonyl (C=O) groups is 1. The molecule has 0 aromatic heterocycles. The van der Waals surface area contributed by atoms with Crippen LogP contribution in [0.1, 0.15) is 15.9 Å². The molecule has 0 aliphatic heterocycles. The van der Waals surface area contributed by atoms with Gasteiger partial charge >= 0.3 is 5.97 Å². The van der Waals surface area contributed by atoms with Crippen LogP contribution in [0, 0.1) is 29.6 Å². The molecule has 1 rings (SSSR count). The first-order valence-electron chi connectivity index (χ1n) is 5.09. The summed E-state index contributed by atoms with van der Waals surface area (Å²) in [4.78, 5) is 11.5. The van der Waals surface area contributed by atoms with Crippen LogP contribution in [0.2, 0.25) is 0 Å². The van der Waals surface area contributed by atoms with Crippen LogP contribution in [0.15, 0.2) is 30.0 Å². The molecule has 5 heteroatoms. The molecule has 0 amide bonds. The third kappa shape index (κ3) is 2.87. The fraction of sp³-hybridized carbons (Fsp3) is 0.154. The molecule has 0 saturated heterocycles. The van der Waals surface area contributed by atoms with Gasteiger partial charge in [0.25, 0.3) is 0 Å². The number of nitrogens with zero attached hydrogens (tertiary/aromatic N) is 2. The molecule has 1 N–H and O–H groups in total. The van der Waals surface area contributed by atoms with Crippen molar-refractivity contribution in [3.8, 4) is 12.1 Å². The first kappa shape index (κ1) is 13.3. The van der Waals surface area contributed by atoms with Crippen LogP contribution in [-0.2, 0) is 4.74 Å². The van der Waals surface area contributed by atoms with E-state index in [1.54, 1.807) is 37.3 Å². The van der Waals surface area contributed by atoms with Crippen LogP contribution in [0.3, 0.4) is 0 Å². The van der Waals surface area contributed by atoms with Crippen molar-refractivity contribution < 1.29 is 9.53 Å². The molecule has 0 fully saturated rings. The van der Waals surface area contributed by atoms with E-state index in [1.165, 1.54) is 13.3 Å². The summed E-state index contributed by atoms with van der Waals surface area (Å²) < 4.78 is 4.65. The molecule has 0 aliphatic rings. The van der Waals surface area contributed by atoms with Crippen LogP contribution < -0.4 is 5.32 Å². The molecule has 0 heterocycles. The zero-order chi connectivity index (χ0) is 13.5. The van der Waals surface area contributed by atoms with Gasteiger partial charge in [-0.05, 0) is 24.6 Å². The van der Waals surface area contributed by atoms with Gasteiger partial charge in [0.05, 0.1) is 12.7 Å². The molecular weight excluding hydrogens is 230 g/mol. The Morgan fingerprint density at radius 1 is 1.39 bits per heavy atom. The first-order valence-corrected chi connectivity index (χ1v) is 5.09. The van der Waals surface area contributed by atoms with E-state index in [2.05, 4.69) is 10.1 Å². The number of allylic oxidation sites excluding steroid dienone is 1. The van der Waals surface area contributed by atoms with Gasteiger partial charge in [-0.2, -0.15) is 10.5 Å². The van der Waals surface area contributed by atoms with E-state index in [0.29, 0.717) is 16.8 Å². The third-order valence-electron chi connectivity index (χ3n) is 2.35. The number of anilines is 1. The molecule has 0 radical (unpaired) electrons. The highest BCUT2D eigenvalue weighted by atomic mass is 16.5. The minimum absolute atomic E-state index is 0.0436. The van der Waals surface area contributed by atoms with E-state index in [0.717, 1.165) is 0 Å². The Bertz CT molecular complexity index is 561. The maximum Gasteiger partial charge on any atom is 0.338 e. The second-order valence-corrected chi connectivity index (χ2v) is 3.40. The summed E-state index contributed by atoms with van der Waals surface area (Å²) in [5.41, 5.74) is 1.72. The van der Waals surface area contributed by atoms with Crippen LogP contribution in [-0.4, -0.2) is 13.1 Å². The largest absolute Gasteiger partial charge is 0.465 e. The predicted molar refractivity (Wildman–Crippen MR) is 65.5 cm³/mol. The predicted octanol–water partition coefficient (Wildman–Crippen LogP) is 2.12. The third-order valence-corrected chi connectivity index (χ3v) is 2.35. The average molecular weight is 241 g/mol. The summed E-state index contributed by atoms with van der Waals surface area (Å²) in [5.74, 6) is -0.430. The Balaban J connectivity index is 3.07. The minimum atomic E-state index is -0.430. The molecular formula is C13H11N3O2.